The van der Waals surface area contributed by atoms with Crippen molar-refractivity contribution in [2.75, 3.05) is 0 Å². The second kappa shape index (κ2) is 15.6. The van der Waals surface area contributed by atoms with Crippen LogP contribution in [0.15, 0.2) is 110 Å². The van der Waals surface area contributed by atoms with Gasteiger partial charge in [-0.15, -0.1) is 0 Å². The molecule has 0 aromatic carbocycles. The smallest absolute Gasteiger partial charge is 0.216 e. The molecule has 0 spiro atoms. The lowest BCUT2D eigenvalue weighted by Crippen LogP contribution is -2.34. The molecular weight excluding hydrogens is 759 g/mol. The average molecular weight is 804 g/mol. The van der Waals surface area contributed by atoms with Crippen molar-refractivity contribution >= 4 is 69.6 Å². The number of nitrogens with one attached hydrogen (secondary N) is 2. The fraction of sp³-hybridized carbons (Fsp3) is 0.167. The van der Waals surface area contributed by atoms with Crippen molar-refractivity contribution in [1.29, 1.82) is 0 Å². The Hall–Kier alpha value is -6.22. The lowest BCUT2D eigenvalue weighted by molar-refractivity contribution is -0.682. The first-order valence-electron chi connectivity index (χ1n) is 19.9. The van der Waals surface area contributed by atoms with Crippen molar-refractivity contribution < 1.29 is 18.3 Å². The Bertz CT molecular complexity index is 2800. The van der Waals surface area contributed by atoms with Crippen LogP contribution in [0, 0.1) is 0 Å². The molecule has 10 heteroatoms. The van der Waals surface area contributed by atoms with Crippen LogP contribution in [0.4, 0.5) is 0 Å². The quantitative estimate of drug-likeness (QED) is 0.150. The third-order valence-corrected chi connectivity index (χ3v) is 11.9. The molecule has 0 amide bonds. The number of pyridine rings is 4. The summed E-state index contributed by atoms with van der Waals surface area (Å²) in [6, 6.07) is 29.4. The molecule has 8 bridgehead atoms. The van der Waals surface area contributed by atoms with Crippen molar-refractivity contribution in [3.63, 3.8) is 0 Å². The predicted molar refractivity (Wildman–Crippen MR) is 234 cm³/mol. The number of aryl methyl sites for hydroxylation is 4. The molecule has 0 unspecified atom stereocenters. The van der Waals surface area contributed by atoms with E-state index in [9.17, 15) is 0 Å². The van der Waals surface area contributed by atoms with E-state index in [0.29, 0.717) is 21.1 Å². The van der Waals surface area contributed by atoms with Crippen LogP contribution >= 0.6 is 23.2 Å². The lowest BCUT2D eigenvalue weighted by Gasteiger charge is -2.06. The monoisotopic (exact) mass is 802 g/mol. The minimum absolute atomic E-state index is 0.417. The van der Waals surface area contributed by atoms with Gasteiger partial charge in [0.05, 0.1) is 77.1 Å². The van der Waals surface area contributed by atoms with Crippen molar-refractivity contribution in [1.82, 2.24) is 19.9 Å². The molecule has 0 aliphatic carbocycles. The number of fused-ring (bicyclic) bond motifs is 8. The molecule has 2 aliphatic heterocycles. The Labute approximate surface area is 347 Å². The van der Waals surface area contributed by atoms with Gasteiger partial charge >= 0.3 is 0 Å². The highest BCUT2D eigenvalue weighted by molar-refractivity contribution is 6.47. The Morgan fingerprint density at radius 3 is 1.05 bits per heavy atom. The number of H-pyrrole nitrogens is 2. The Kier molecular flexibility index (Phi) is 10.1. The third kappa shape index (κ3) is 6.33. The van der Waals surface area contributed by atoms with Gasteiger partial charge in [-0.1, -0.05) is 23.2 Å². The van der Waals surface area contributed by atoms with Crippen molar-refractivity contribution in [2.24, 2.45) is 0 Å². The van der Waals surface area contributed by atoms with E-state index >= 15 is 0 Å². The van der Waals surface area contributed by atoms with Gasteiger partial charge in [0.1, 0.15) is 26.2 Å². The maximum atomic E-state index is 7.46. The van der Waals surface area contributed by atoms with E-state index < -0.39 is 0 Å². The van der Waals surface area contributed by atoms with E-state index in [4.69, 9.17) is 33.2 Å². The van der Waals surface area contributed by atoms with E-state index in [2.05, 4.69) is 166 Å². The van der Waals surface area contributed by atoms with Crippen LogP contribution in [-0.2, 0) is 26.2 Å². The molecule has 0 saturated heterocycles. The summed E-state index contributed by atoms with van der Waals surface area (Å²) in [6.45, 7) is 11.7. The van der Waals surface area contributed by atoms with Crippen LogP contribution in [0.2, 0.25) is 10.0 Å². The van der Waals surface area contributed by atoms with E-state index in [1.54, 1.807) is 0 Å². The molecule has 9 heterocycles. The number of halogens is 2. The topological polar surface area (TPSA) is 72.9 Å². The van der Waals surface area contributed by atoms with E-state index in [-0.39, 0.29) is 0 Å². The average Bonchev–Trinajstić information content (AvgIpc) is 4.10. The maximum absolute atomic E-state index is 7.46. The molecule has 0 fully saturated rings. The van der Waals surface area contributed by atoms with Gasteiger partial charge in [0.2, 0.25) is 22.8 Å². The maximum Gasteiger partial charge on any atom is 0.216 e. The second-order valence-corrected chi connectivity index (χ2v) is 15.0. The van der Waals surface area contributed by atoms with Gasteiger partial charge in [-0.3, -0.25) is 0 Å². The second-order valence-electron chi connectivity index (χ2n) is 14.2. The molecule has 58 heavy (non-hydrogen) atoms. The van der Waals surface area contributed by atoms with Crippen LogP contribution in [-0.4, -0.2) is 19.9 Å². The summed E-state index contributed by atoms with van der Waals surface area (Å²) in [6.07, 6.45) is 16.8. The molecule has 2 aliphatic rings. The molecule has 286 valence electrons. The summed E-state index contributed by atoms with van der Waals surface area (Å²) < 4.78 is 8.92. The minimum atomic E-state index is 0.417. The third-order valence-electron chi connectivity index (χ3n) is 11.1. The molecule has 7 aromatic rings. The Morgan fingerprint density at radius 1 is 0.414 bits per heavy atom. The van der Waals surface area contributed by atoms with Gasteiger partial charge in [-0.2, -0.15) is 18.3 Å². The van der Waals surface area contributed by atoms with Crippen LogP contribution < -0.4 is 18.3 Å². The normalized spacial score (nSPS) is 12.1. The van der Waals surface area contributed by atoms with E-state index in [0.717, 1.165) is 105 Å². The SMILES string of the molecule is CC[n+]1ccccc1-c1c2nc(c(-c3cccc[n+]3CC)c3[nH]c(c(Cl)c3Cl)c(-c3cccc[n+]3CC)c3nc(c(-c4cccc[n+]4CC)c4ccc1[nH]4)C=C3)C=C2. The highest BCUT2D eigenvalue weighted by Gasteiger charge is 2.29. The van der Waals surface area contributed by atoms with Crippen molar-refractivity contribution in [3.05, 3.63) is 143 Å². The predicted octanol–water partition coefficient (Wildman–Crippen LogP) is 9.86. The molecule has 9 rings (SSSR count). The fourth-order valence-corrected chi connectivity index (χ4v) is 8.74. The number of aromatic nitrogens is 8. The molecule has 2 N–H and O–H groups in total. The first-order valence-corrected chi connectivity index (χ1v) is 20.7. The lowest BCUT2D eigenvalue weighted by atomic mass is 10.1. The first-order chi connectivity index (χ1) is 28.4. The highest BCUT2D eigenvalue weighted by Crippen LogP contribution is 2.42. The number of aromatic amines is 2. The summed E-state index contributed by atoms with van der Waals surface area (Å²) in [5.41, 5.74) is 14.1. The molecular formula is C48H44Cl2N8+4. The minimum Gasteiger partial charge on any atom is -0.354 e. The van der Waals surface area contributed by atoms with Crippen molar-refractivity contribution in [2.45, 2.75) is 53.9 Å². The Morgan fingerprint density at radius 2 is 0.724 bits per heavy atom. The zero-order valence-corrected chi connectivity index (χ0v) is 34.5. The largest absolute Gasteiger partial charge is 0.354 e. The first kappa shape index (κ1) is 37.4. The molecule has 8 nitrogen and oxygen atoms in total. The van der Waals surface area contributed by atoms with Gasteiger partial charge in [0, 0.05) is 48.5 Å². The molecule has 7 aromatic heterocycles. The summed E-state index contributed by atoms with van der Waals surface area (Å²) >= 11 is 14.9. The van der Waals surface area contributed by atoms with Gasteiger partial charge in [0.25, 0.3) is 0 Å². The summed E-state index contributed by atoms with van der Waals surface area (Å²) in [4.78, 5) is 18.6. The van der Waals surface area contributed by atoms with Gasteiger partial charge in [0.15, 0.2) is 24.8 Å². The van der Waals surface area contributed by atoms with E-state index in [1.165, 1.54) is 0 Å². The summed E-state index contributed by atoms with van der Waals surface area (Å²) in [7, 11) is 0. The zero-order valence-electron chi connectivity index (χ0n) is 33.0. The van der Waals surface area contributed by atoms with Crippen molar-refractivity contribution in [3.8, 4) is 45.0 Å². The fourth-order valence-electron chi connectivity index (χ4n) is 8.27. The molecule has 0 radical (unpaired) electrons. The number of nitrogens with zero attached hydrogens (tertiary/aromatic N) is 6. The summed E-state index contributed by atoms with van der Waals surface area (Å²) in [5, 5.41) is 0.834. The Balaban J connectivity index is 1.55. The van der Waals surface area contributed by atoms with Gasteiger partial charge in [-0.05, 0) is 88.4 Å². The molecule has 0 atom stereocenters. The van der Waals surface area contributed by atoms with Crippen LogP contribution in [0.5, 0.6) is 0 Å². The zero-order chi connectivity index (χ0) is 39.9. The van der Waals surface area contributed by atoms with Crippen LogP contribution in [0.25, 0.3) is 91.4 Å². The number of hydrogen-bond acceptors (Lipinski definition) is 2. The number of rotatable bonds is 8. The van der Waals surface area contributed by atoms with Crippen LogP contribution in [0.3, 0.4) is 0 Å². The summed E-state index contributed by atoms with van der Waals surface area (Å²) in [5.74, 6) is 0. The van der Waals surface area contributed by atoms with E-state index in [1.807, 2.05) is 24.3 Å². The number of hydrogen-bond donors (Lipinski definition) is 2. The highest BCUT2D eigenvalue weighted by atomic mass is 35.5. The van der Waals surface area contributed by atoms with Gasteiger partial charge in [-0.25, -0.2) is 9.97 Å². The van der Waals surface area contributed by atoms with Crippen LogP contribution in [0.1, 0.15) is 50.5 Å². The standard InChI is InChI=1S/C48H43Cl2N8/c1-5-55-27-13-9-17-37(55)41-31-21-22-32(51-31)42(38-18-10-14-28-56(38)6-2)34-24-26-36(53-34)44(40-20-12-16-30-58(40)8-4)48-46(50)45(49)47(54-48)43(35-25-23-33(41)52-35)39-19-11-15-29-57(39)7-3/h9-30H,5-8H2,1-4H3,(H,51,52,53,54)/q+3/p+1. The van der Waals surface area contributed by atoms with Gasteiger partial charge < -0.3 is 9.97 Å². The molecule has 0 saturated carbocycles.